The molecular weight excluding hydrogens is 282 g/mol. The number of carbonyl (C=O) groups excluding carboxylic acids is 1. The average molecular weight is 301 g/mol. The Bertz CT molecular complexity index is 630. The molecule has 0 N–H and O–H groups in total. The molecule has 0 saturated heterocycles. The maximum atomic E-state index is 12.7. The summed E-state index contributed by atoms with van der Waals surface area (Å²) in [5, 5.41) is 0. The largest absolute Gasteiger partial charge is 0.493 e. The molecule has 0 fully saturated rings. The highest BCUT2D eigenvalue weighted by atomic mass is 16.5. The van der Waals surface area contributed by atoms with Gasteiger partial charge >= 0.3 is 0 Å². The molecule has 0 unspecified atom stereocenters. The van der Waals surface area contributed by atoms with Crippen LogP contribution in [-0.4, -0.2) is 34.3 Å². The molecule has 0 aliphatic heterocycles. The smallest absolute Gasteiger partial charge is 0.258 e. The number of benzene rings is 2. The quantitative estimate of drug-likeness (QED) is 0.852. The molecule has 0 spiro atoms. The Morgan fingerprint density at radius 2 is 1.45 bits per heavy atom. The first-order chi connectivity index (χ1) is 10.6. The van der Waals surface area contributed by atoms with E-state index in [-0.39, 0.29) is 5.91 Å². The van der Waals surface area contributed by atoms with Crippen LogP contribution in [0.1, 0.15) is 10.4 Å². The monoisotopic (exact) mass is 301 g/mol. The molecule has 0 aliphatic rings. The number of anilines is 1. The topological polar surface area (TPSA) is 48.0 Å². The van der Waals surface area contributed by atoms with Crippen LogP contribution in [0.25, 0.3) is 0 Å². The number of rotatable bonds is 5. The lowest BCUT2D eigenvalue weighted by Gasteiger charge is -2.19. The van der Waals surface area contributed by atoms with Crippen molar-refractivity contribution in [2.75, 3.05) is 33.3 Å². The van der Waals surface area contributed by atoms with Gasteiger partial charge in [-0.1, -0.05) is 18.2 Å². The number of hydrogen-bond donors (Lipinski definition) is 0. The number of methoxy groups -OCH3 is 3. The summed E-state index contributed by atoms with van der Waals surface area (Å²) in [4.78, 5) is 14.2. The van der Waals surface area contributed by atoms with E-state index in [0.29, 0.717) is 22.8 Å². The van der Waals surface area contributed by atoms with Gasteiger partial charge < -0.3 is 19.1 Å². The molecule has 0 radical (unpaired) electrons. The van der Waals surface area contributed by atoms with Crippen molar-refractivity contribution >= 4 is 11.6 Å². The van der Waals surface area contributed by atoms with Crippen molar-refractivity contribution in [2.24, 2.45) is 0 Å². The van der Waals surface area contributed by atoms with E-state index in [1.54, 1.807) is 24.1 Å². The Morgan fingerprint density at radius 1 is 0.909 bits per heavy atom. The number of amides is 1. The van der Waals surface area contributed by atoms with Gasteiger partial charge in [-0.05, 0) is 24.3 Å². The normalized spacial score (nSPS) is 10.0. The van der Waals surface area contributed by atoms with Crippen molar-refractivity contribution in [3.8, 4) is 17.2 Å². The second kappa shape index (κ2) is 6.85. The van der Waals surface area contributed by atoms with Crippen LogP contribution in [0.5, 0.6) is 17.2 Å². The van der Waals surface area contributed by atoms with Gasteiger partial charge in [0.15, 0.2) is 11.5 Å². The lowest BCUT2D eigenvalue weighted by Crippen LogP contribution is -2.26. The third kappa shape index (κ3) is 2.98. The van der Waals surface area contributed by atoms with Gasteiger partial charge in [-0.3, -0.25) is 4.79 Å². The van der Waals surface area contributed by atoms with Gasteiger partial charge in [-0.25, -0.2) is 0 Å². The van der Waals surface area contributed by atoms with E-state index in [4.69, 9.17) is 14.2 Å². The molecule has 0 heterocycles. The Morgan fingerprint density at radius 3 is 1.91 bits per heavy atom. The SMILES string of the molecule is COc1cc(C(=O)N(C)c2ccccc2)cc(OC)c1OC. The van der Waals surface area contributed by atoms with Crippen molar-refractivity contribution in [1.82, 2.24) is 0 Å². The van der Waals surface area contributed by atoms with Crippen molar-refractivity contribution < 1.29 is 19.0 Å². The number of nitrogens with zero attached hydrogens (tertiary/aromatic N) is 1. The molecule has 0 bridgehead atoms. The number of hydrogen-bond acceptors (Lipinski definition) is 4. The molecule has 0 aromatic heterocycles. The molecule has 2 rings (SSSR count). The maximum absolute atomic E-state index is 12.7. The van der Waals surface area contributed by atoms with Crippen LogP contribution in [0.15, 0.2) is 42.5 Å². The van der Waals surface area contributed by atoms with E-state index in [1.165, 1.54) is 21.3 Å². The standard InChI is InChI=1S/C17H19NO4/c1-18(13-8-6-5-7-9-13)17(19)12-10-14(20-2)16(22-4)15(11-12)21-3/h5-11H,1-4H3. The molecular formula is C17H19NO4. The predicted molar refractivity (Wildman–Crippen MR) is 85.3 cm³/mol. The van der Waals surface area contributed by atoms with Crippen LogP contribution in [0.4, 0.5) is 5.69 Å². The first kappa shape index (κ1) is 15.7. The fourth-order valence-electron chi connectivity index (χ4n) is 2.17. The maximum Gasteiger partial charge on any atom is 0.258 e. The first-order valence-electron chi connectivity index (χ1n) is 6.75. The molecule has 1 amide bonds. The van der Waals surface area contributed by atoms with Gasteiger partial charge in [0.2, 0.25) is 5.75 Å². The number of ether oxygens (including phenoxy) is 3. The van der Waals surface area contributed by atoms with E-state index in [2.05, 4.69) is 0 Å². The van der Waals surface area contributed by atoms with Crippen molar-refractivity contribution in [3.05, 3.63) is 48.0 Å². The Hall–Kier alpha value is -2.69. The Kier molecular flexibility index (Phi) is 4.88. The summed E-state index contributed by atoms with van der Waals surface area (Å²) in [5.41, 5.74) is 1.27. The van der Waals surface area contributed by atoms with Crippen molar-refractivity contribution in [1.29, 1.82) is 0 Å². The number of carbonyl (C=O) groups is 1. The molecule has 0 saturated carbocycles. The fraction of sp³-hybridized carbons (Fsp3) is 0.235. The molecule has 0 aliphatic carbocycles. The lowest BCUT2D eigenvalue weighted by molar-refractivity contribution is 0.0992. The fourth-order valence-corrected chi connectivity index (χ4v) is 2.17. The zero-order valence-electron chi connectivity index (χ0n) is 13.1. The second-order valence-corrected chi connectivity index (χ2v) is 4.61. The lowest BCUT2D eigenvalue weighted by atomic mass is 10.1. The molecule has 5 nitrogen and oxygen atoms in total. The molecule has 2 aromatic rings. The van der Waals surface area contributed by atoms with Crippen LogP contribution in [0, 0.1) is 0 Å². The minimum atomic E-state index is -0.162. The Labute approximate surface area is 130 Å². The molecule has 5 heteroatoms. The van der Waals surface area contributed by atoms with E-state index in [9.17, 15) is 4.79 Å². The molecule has 22 heavy (non-hydrogen) atoms. The van der Waals surface area contributed by atoms with E-state index in [0.717, 1.165) is 5.69 Å². The zero-order valence-corrected chi connectivity index (χ0v) is 13.1. The second-order valence-electron chi connectivity index (χ2n) is 4.61. The van der Waals surface area contributed by atoms with Crippen LogP contribution < -0.4 is 19.1 Å². The zero-order chi connectivity index (χ0) is 16.1. The average Bonchev–Trinajstić information content (AvgIpc) is 2.59. The summed E-state index contributed by atoms with van der Waals surface area (Å²) >= 11 is 0. The van der Waals surface area contributed by atoms with E-state index >= 15 is 0 Å². The summed E-state index contributed by atoms with van der Waals surface area (Å²) < 4.78 is 15.8. The van der Waals surface area contributed by atoms with E-state index in [1.807, 2.05) is 30.3 Å². The third-order valence-corrected chi connectivity index (χ3v) is 3.36. The summed E-state index contributed by atoms with van der Waals surface area (Å²) in [6.07, 6.45) is 0. The van der Waals surface area contributed by atoms with E-state index < -0.39 is 0 Å². The van der Waals surface area contributed by atoms with Crippen molar-refractivity contribution in [3.63, 3.8) is 0 Å². The van der Waals surface area contributed by atoms with Gasteiger partial charge in [0, 0.05) is 18.3 Å². The Balaban J connectivity index is 2.41. The highest BCUT2D eigenvalue weighted by Gasteiger charge is 2.19. The predicted octanol–water partition coefficient (Wildman–Crippen LogP) is 2.99. The summed E-state index contributed by atoms with van der Waals surface area (Å²) in [6.45, 7) is 0. The third-order valence-electron chi connectivity index (χ3n) is 3.36. The minimum absolute atomic E-state index is 0.162. The highest BCUT2D eigenvalue weighted by Crippen LogP contribution is 2.38. The number of para-hydroxylation sites is 1. The van der Waals surface area contributed by atoms with Gasteiger partial charge in [0.25, 0.3) is 5.91 Å². The molecule has 0 atom stereocenters. The van der Waals surface area contributed by atoms with Gasteiger partial charge in [-0.2, -0.15) is 0 Å². The van der Waals surface area contributed by atoms with Gasteiger partial charge in [0.1, 0.15) is 0 Å². The minimum Gasteiger partial charge on any atom is -0.493 e. The van der Waals surface area contributed by atoms with Crippen LogP contribution in [0.2, 0.25) is 0 Å². The summed E-state index contributed by atoms with van der Waals surface area (Å²) in [7, 11) is 6.29. The van der Waals surface area contributed by atoms with Crippen LogP contribution in [0.3, 0.4) is 0 Å². The summed E-state index contributed by atoms with van der Waals surface area (Å²) in [5.74, 6) is 1.20. The molecule has 2 aromatic carbocycles. The van der Waals surface area contributed by atoms with Crippen molar-refractivity contribution in [2.45, 2.75) is 0 Å². The highest BCUT2D eigenvalue weighted by molar-refractivity contribution is 6.06. The van der Waals surface area contributed by atoms with Gasteiger partial charge in [0.05, 0.1) is 21.3 Å². The van der Waals surface area contributed by atoms with Crippen LogP contribution in [-0.2, 0) is 0 Å². The molecule has 116 valence electrons. The first-order valence-corrected chi connectivity index (χ1v) is 6.75. The van der Waals surface area contributed by atoms with Gasteiger partial charge in [-0.15, -0.1) is 0 Å². The summed E-state index contributed by atoms with van der Waals surface area (Å²) in [6, 6.07) is 12.7. The van der Waals surface area contributed by atoms with Crippen LogP contribution >= 0.6 is 0 Å².